The molecular formula is C10H9FN2O3. The fourth-order valence-corrected chi connectivity index (χ4v) is 1.29. The number of halogens is 1. The van der Waals surface area contributed by atoms with Crippen LogP contribution in [0.5, 0.6) is 5.75 Å². The SMILES string of the molecule is COc1cc2nc(NC(C)=O)oc2cc1F. The van der Waals surface area contributed by atoms with Gasteiger partial charge in [-0.2, -0.15) is 4.98 Å². The molecule has 0 radical (unpaired) electrons. The van der Waals surface area contributed by atoms with E-state index >= 15 is 0 Å². The molecule has 2 aromatic rings. The van der Waals surface area contributed by atoms with Gasteiger partial charge in [-0.05, 0) is 0 Å². The molecule has 0 unspecified atom stereocenters. The van der Waals surface area contributed by atoms with Gasteiger partial charge in [0.1, 0.15) is 5.52 Å². The number of anilines is 1. The third kappa shape index (κ3) is 1.81. The lowest BCUT2D eigenvalue weighted by molar-refractivity contribution is -0.114. The zero-order valence-corrected chi connectivity index (χ0v) is 8.70. The third-order valence-electron chi connectivity index (χ3n) is 1.94. The molecule has 0 saturated carbocycles. The van der Waals surface area contributed by atoms with Crippen molar-refractivity contribution in [1.29, 1.82) is 0 Å². The Morgan fingerprint density at radius 3 is 2.94 bits per heavy atom. The molecular weight excluding hydrogens is 215 g/mol. The number of hydrogen-bond donors (Lipinski definition) is 1. The first-order valence-electron chi connectivity index (χ1n) is 4.52. The largest absolute Gasteiger partial charge is 0.494 e. The molecule has 0 fully saturated rings. The number of oxazole rings is 1. The van der Waals surface area contributed by atoms with Crippen LogP contribution in [-0.4, -0.2) is 18.0 Å². The van der Waals surface area contributed by atoms with E-state index in [2.05, 4.69) is 10.3 Å². The fourth-order valence-electron chi connectivity index (χ4n) is 1.29. The van der Waals surface area contributed by atoms with Crippen LogP contribution < -0.4 is 10.1 Å². The van der Waals surface area contributed by atoms with Crippen molar-refractivity contribution in [2.24, 2.45) is 0 Å². The van der Waals surface area contributed by atoms with E-state index in [9.17, 15) is 9.18 Å². The van der Waals surface area contributed by atoms with E-state index in [-0.39, 0.29) is 23.3 Å². The summed E-state index contributed by atoms with van der Waals surface area (Å²) in [5.41, 5.74) is 0.670. The van der Waals surface area contributed by atoms with Crippen molar-refractivity contribution in [1.82, 2.24) is 4.98 Å². The van der Waals surface area contributed by atoms with Crippen molar-refractivity contribution in [3.8, 4) is 5.75 Å². The topological polar surface area (TPSA) is 64.4 Å². The van der Waals surface area contributed by atoms with Crippen LogP contribution in [0.3, 0.4) is 0 Å². The van der Waals surface area contributed by atoms with Gasteiger partial charge in [-0.15, -0.1) is 0 Å². The van der Waals surface area contributed by atoms with Crippen LogP contribution in [-0.2, 0) is 4.79 Å². The number of benzene rings is 1. The lowest BCUT2D eigenvalue weighted by Gasteiger charge is -1.98. The maximum atomic E-state index is 13.3. The van der Waals surface area contributed by atoms with Crippen LogP contribution in [0.1, 0.15) is 6.92 Å². The van der Waals surface area contributed by atoms with E-state index in [0.717, 1.165) is 6.07 Å². The zero-order chi connectivity index (χ0) is 11.7. The standard InChI is InChI=1S/C10H9FN2O3/c1-5(14)12-10-13-7-4-8(15-2)6(11)3-9(7)16-10/h3-4H,1-2H3,(H,12,13,14). The molecule has 1 heterocycles. The molecule has 0 aliphatic rings. The van der Waals surface area contributed by atoms with Crippen LogP contribution in [0.15, 0.2) is 16.5 Å². The van der Waals surface area contributed by atoms with Crippen molar-refractivity contribution in [2.75, 3.05) is 12.4 Å². The Bertz CT molecular complexity index is 550. The van der Waals surface area contributed by atoms with Gasteiger partial charge in [0.15, 0.2) is 17.1 Å². The maximum absolute atomic E-state index is 13.3. The number of aromatic nitrogens is 1. The van der Waals surface area contributed by atoms with Crippen LogP contribution in [0.2, 0.25) is 0 Å². The van der Waals surface area contributed by atoms with Crippen LogP contribution >= 0.6 is 0 Å². The summed E-state index contributed by atoms with van der Waals surface area (Å²) in [5.74, 6) is -0.769. The molecule has 84 valence electrons. The number of amides is 1. The molecule has 16 heavy (non-hydrogen) atoms. The second kappa shape index (κ2) is 3.80. The predicted octanol–water partition coefficient (Wildman–Crippen LogP) is 1.93. The highest BCUT2D eigenvalue weighted by Gasteiger charge is 2.11. The first-order chi connectivity index (χ1) is 7.60. The highest BCUT2D eigenvalue weighted by atomic mass is 19.1. The van der Waals surface area contributed by atoms with Crippen LogP contribution in [0.25, 0.3) is 11.1 Å². The van der Waals surface area contributed by atoms with E-state index in [1.165, 1.54) is 20.1 Å². The minimum atomic E-state index is -0.541. The lowest BCUT2D eigenvalue weighted by Crippen LogP contribution is -2.05. The van der Waals surface area contributed by atoms with Gasteiger partial charge in [-0.1, -0.05) is 0 Å². The molecule has 2 rings (SSSR count). The monoisotopic (exact) mass is 224 g/mol. The van der Waals surface area contributed by atoms with E-state index in [0.29, 0.717) is 5.52 Å². The van der Waals surface area contributed by atoms with E-state index in [4.69, 9.17) is 9.15 Å². The summed E-state index contributed by atoms with van der Waals surface area (Å²) in [6.45, 7) is 1.33. The van der Waals surface area contributed by atoms with Gasteiger partial charge in [-0.25, -0.2) is 4.39 Å². The molecule has 1 aromatic carbocycles. The van der Waals surface area contributed by atoms with Crippen molar-refractivity contribution in [3.05, 3.63) is 17.9 Å². The number of carbonyl (C=O) groups is 1. The minimum Gasteiger partial charge on any atom is -0.494 e. The quantitative estimate of drug-likeness (QED) is 0.846. The van der Waals surface area contributed by atoms with E-state index in [1.807, 2.05) is 0 Å². The Kier molecular flexibility index (Phi) is 2.47. The van der Waals surface area contributed by atoms with Crippen molar-refractivity contribution >= 4 is 23.0 Å². The molecule has 1 amide bonds. The number of rotatable bonds is 2. The van der Waals surface area contributed by atoms with Crippen molar-refractivity contribution in [2.45, 2.75) is 6.92 Å². The molecule has 0 aliphatic heterocycles. The van der Waals surface area contributed by atoms with Gasteiger partial charge in [0.25, 0.3) is 0 Å². The molecule has 1 N–H and O–H groups in total. The van der Waals surface area contributed by atoms with Gasteiger partial charge in [0.05, 0.1) is 7.11 Å². The van der Waals surface area contributed by atoms with E-state index in [1.54, 1.807) is 0 Å². The molecule has 0 saturated heterocycles. The smallest absolute Gasteiger partial charge is 0.302 e. The van der Waals surface area contributed by atoms with Gasteiger partial charge in [-0.3, -0.25) is 10.1 Å². The molecule has 0 spiro atoms. The number of carbonyl (C=O) groups excluding carboxylic acids is 1. The number of nitrogens with one attached hydrogen (secondary N) is 1. The summed E-state index contributed by atoms with van der Waals surface area (Å²) in [4.78, 5) is 14.7. The van der Waals surface area contributed by atoms with Crippen LogP contribution in [0, 0.1) is 5.82 Å². The molecule has 0 atom stereocenters. The van der Waals surface area contributed by atoms with Crippen molar-refractivity contribution in [3.63, 3.8) is 0 Å². The third-order valence-corrected chi connectivity index (χ3v) is 1.94. The first kappa shape index (κ1) is 10.4. The number of methoxy groups -OCH3 is 1. The Balaban J connectivity index is 2.49. The normalized spacial score (nSPS) is 10.4. The summed E-state index contributed by atoms with van der Waals surface area (Å²) in [6.07, 6.45) is 0. The second-order valence-electron chi connectivity index (χ2n) is 3.15. The summed E-state index contributed by atoms with van der Waals surface area (Å²) < 4.78 is 23.2. The Morgan fingerprint density at radius 1 is 1.56 bits per heavy atom. The minimum absolute atomic E-state index is 0.0372. The molecule has 6 heteroatoms. The van der Waals surface area contributed by atoms with Gasteiger partial charge in [0.2, 0.25) is 5.91 Å². The highest BCUT2D eigenvalue weighted by Crippen LogP contribution is 2.26. The fraction of sp³-hybridized carbons (Fsp3) is 0.200. The van der Waals surface area contributed by atoms with Gasteiger partial charge < -0.3 is 9.15 Å². The van der Waals surface area contributed by atoms with Crippen LogP contribution in [0.4, 0.5) is 10.4 Å². The Hall–Kier alpha value is -2.11. The van der Waals surface area contributed by atoms with Crippen molar-refractivity contribution < 1.29 is 18.3 Å². The zero-order valence-electron chi connectivity index (χ0n) is 8.70. The van der Waals surface area contributed by atoms with E-state index < -0.39 is 5.82 Å². The summed E-state index contributed by atoms with van der Waals surface area (Å²) in [5, 5.41) is 2.37. The highest BCUT2D eigenvalue weighted by molar-refractivity contribution is 5.88. The molecule has 1 aromatic heterocycles. The molecule has 0 bridgehead atoms. The number of ether oxygens (including phenoxy) is 1. The molecule has 5 nitrogen and oxygen atoms in total. The van der Waals surface area contributed by atoms with Gasteiger partial charge >= 0.3 is 6.01 Å². The second-order valence-corrected chi connectivity index (χ2v) is 3.15. The molecule has 0 aliphatic carbocycles. The lowest BCUT2D eigenvalue weighted by atomic mass is 10.3. The average Bonchev–Trinajstić information content (AvgIpc) is 2.56. The predicted molar refractivity (Wildman–Crippen MR) is 54.8 cm³/mol. The Labute approximate surface area is 90.2 Å². The summed E-state index contributed by atoms with van der Waals surface area (Å²) in [7, 11) is 1.36. The summed E-state index contributed by atoms with van der Waals surface area (Å²) >= 11 is 0. The Morgan fingerprint density at radius 2 is 2.31 bits per heavy atom. The number of hydrogen-bond acceptors (Lipinski definition) is 4. The number of fused-ring (bicyclic) bond motifs is 1. The summed E-state index contributed by atoms with van der Waals surface area (Å²) in [6, 6.07) is 2.60. The van der Waals surface area contributed by atoms with Gasteiger partial charge in [0, 0.05) is 19.1 Å². The first-order valence-corrected chi connectivity index (χ1v) is 4.52. The maximum Gasteiger partial charge on any atom is 0.302 e. The average molecular weight is 224 g/mol. The number of nitrogens with zero attached hydrogens (tertiary/aromatic N) is 1.